The number of ketones is 1. The monoisotopic (exact) mass is 404 g/mol. The van der Waals surface area contributed by atoms with Crippen molar-refractivity contribution in [2.24, 2.45) is 5.92 Å². The van der Waals surface area contributed by atoms with E-state index in [1.54, 1.807) is 6.07 Å². The number of nitro groups is 1. The molecule has 29 heavy (non-hydrogen) atoms. The summed E-state index contributed by atoms with van der Waals surface area (Å²) >= 11 is 0. The number of hydrogen-bond donors (Lipinski definition) is 0. The topological polar surface area (TPSA) is 83.6 Å². The Labute approximate surface area is 167 Å². The van der Waals surface area contributed by atoms with Crippen molar-refractivity contribution < 1.29 is 23.6 Å². The number of Topliss-reactive ketones (excluding diaryl/α,β-unsaturated/α-hetero) is 1. The highest BCUT2D eigenvalue weighted by Gasteiger charge is 2.43. The van der Waals surface area contributed by atoms with Crippen molar-refractivity contribution in [2.75, 3.05) is 6.61 Å². The lowest BCUT2D eigenvalue weighted by molar-refractivity contribution is -0.387. The van der Waals surface area contributed by atoms with Gasteiger partial charge in [-0.2, -0.15) is 4.39 Å². The van der Waals surface area contributed by atoms with E-state index < -0.39 is 27.6 Å². The second-order valence-electron chi connectivity index (χ2n) is 8.97. The van der Waals surface area contributed by atoms with Crippen LogP contribution in [0.15, 0.2) is 18.2 Å². The Morgan fingerprint density at radius 1 is 1.34 bits per heavy atom. The van der Waals surface area contributed by atoms with Crippen LogP contribution in [0.3, 0.4) is 0 Å². The summed E-state index contributed by atoms with van der Waals surface area (Å²) in [5.74, 6) is -1.42. The minimum Gasteiger partial charge on any atom is -0.348 e. The molecule has 0 bridgehead atoms. The van der Waals surface area contributed by atoms with Gasteiger partial charge in [0.1, 0.15) is 11.9 Å². The first-order valence-electron chi connectivity index (χ1n) is 9.83. The number of rotatable bonds is 6. The Morgan fingerprint density at radius 2 is 2.03 bits per heavy atom. The summed E-state index contributed by atoms with van der Waals surface area (Å²) in [6.45, 7) is 8.11. The van der Waals surface area contributed by atoms with Crippen molar-refractivity contribution in [3.8, 4) is 0 Å². The molecular weight excluding hydrogens is 379 g/mol. The largest absolute Gasteiger partial charge is 0.348 e. The molecule has 1 aromatic carbocycles. The third kappa shape index (κ3) is 3.55. The zero-order chi connectivity index (χ0) is 21.1. The minimum atomic E-state index is -0.899. The molecule has 2 fully saturated rings. The zero-order valence-electron chi connectivity index (χ0n) is 17.0. The van der Waals surface area contributed by atoms with Crippen LogP contribution in [0.25, 0.3) is 10.9 Å². The van der Waals surface area contributed by atoms with Gasteiger partial charge in [0.15, 0.2) is 5.79 Å². The number of aromatic nitrogens is 1. The molecule has 1 unspecified atom stereocenters. The van der Waals surface area contributed by atoms with Gasteiger partial charge >= 0.3 is 5.69 Å². The summed E-state index contributed by atoms with van der Waals surface area (Å²) < 4.78 is 27.8. The number of halogens is 1. The van der Waals surface area contributed by atoms with Gasteiger partial charge in [-0.15, -0.1) is 0 Å². The molecule has 1 aliphatic heterocycles. The summed E-state index contributed by atoms with van der Waals surface area (Å²) in [4.78, 5) is 23.4. The molecule has 1 atom stereocenters. The van der Waals surface area contributed by atoms with Gasteiger partial charge in [0, 0.05) is 29.1 Å². The first-order chi connectivity index (χ1) is 13.5. The van der Waals surface area contributed by atoms with Crippen molar-refractivity contribution in [3.63, 3.8) is 0 Å². The maximum atomic E-state index is 14.4. The molecule has 2 heterocycles. The van der Waals surface area contributed by atoms with Crippen LogP contribution < -0.4 is 0 Å². The SMILES string of the molecule is CC1(C)OCC(Cn2c(C(C)(C)C(=O)C3CC3)cc3cc([N+](=O)[O-])c(F)cc32)O1. The van der Waals surface area contributed by atoms with Gasteiger partial charge < -0.3 is 14.0 Å². The smallest absolute Gasteiger partial charge is 0.305 e. The van der Waals surface area contributed by atoms with E-state index in [0.29, 0.717) is 29.7 Å². The van der Waals surface area contributed by atoms with Gasteiger partial charge in [0.2, 0.25) is 5.82 Å². The third-order valence-corrected chi connectivity index (χ3v) is 5.82. The molecule has 156 valence electrons. The number of carbonyl (C=O) groups is 1. The van der Waals surface area contributed by atoms with E-state index in [9.17, 15) is 19.3 Å². The van der Waals surface area contributed by atoms with Crippen LogP contribution >= 0.6 is 0 Å². The molecule has 2 aliphatic rings. The van der Waals surface area contributed by atoms with Crippen molar-refractivity contribution in [1.29, 1.82) is 0 Å². The van der Waals surface area contributed by atoms with E-state index >= 15 is 0 Å². The quantitative estimate of drug-likeness (QED) is 0.535. The van der Waals surface area contributed by atoms with Crippen LogP contribution in [0.5, 0.6) is 0 Å². The fourth-order valence-corrected chi connectivity index (χ4v) is 4.16. The molecule has 2 aromatic rings. The number of nitrogens with zero attached hydrogens (tertiary/aromatic N) is 2. The maximum Gasteiger partial charge on any atom is 0.305 e. The van der Waals surface area contributed by atoms with E-state index in [2.05, 4.69) is 0 Å². The molecule has 7 nitrogen and oxygen atoms in total. The van der Waals surface area contributed by atoms with Crippen LogP contribution in [0, 0.1) is 21.8 Å². The Morgan fingerprint density at radius 3 is 2.59 bits per heavy atom. The molecule has 1 aliphatic carbocycles. The second-order valence-corrected chi connectivity index (χ2v) is 8.97. The standard InChI is InChI=1S/C21H25FN2O5/c1-20(2,19(25)12-5-6-12)18-8-13-7-17(24(26)27)15(22)9-16(13)23(18)10-14-11-28-21(3,4)29-14/h7-9,12,14H,5-6,10-11H2,1-4H3. The van der Waals surface area contributed by atoms with E-state index in [0.717, 1.165) is 12.8 Å². The highest BCUT2D eigenvalue weighted by Crippen LogP contribution is 2.41. The second kappa shape index (κ2) is 6.60. The fraction of sp³-hybridized carbons (Fsp3) is 0.571. The molecule has 0 amide bonds. The van der Waals surface area contributed by atoms with Crippen molar-refractivity contribution in [2.45, 2.75) is 64.4 Å². The fourth-order valence-electron chi connectivity index (χ4n) is 4.16. The molecule has 0 radical (unpaired) electrons. The normalized spacial score (nSPS) is 21.6. The predicted octanol–water partition coefficient (Wildman–Crippen LogP) is 4.10. The van der Waals surface area contributed by atoms with Gasteiger partial charge in [-0.3, -0.25) is 14.9 Å². The molecule has 0 spiro atoms. The zero-order valence-corrected chi connectivity index (χ0v) is 17.0. The van der Waals surface area contributed by atoms with Crippen LogP contribution in [0.1, 0.15) is 46.2 Å². The Kier molecular flexibility index (Phi) is 4.55. The van der Waals surface area contributed by atoms with Crippen molar-refractivity contribution >= 4 is 22.4 Å². The molecule has 1 aromatic heterocycles. The van der Waals surface area contributed by atoms with E-state index in [1.165, 1.54) is 12.1 Å². The maximum absolute atomic E-state index is 14.4. The number of ether oxygens (including phenoxy) is 2. The molecule has 4 rings (SSSR count). The van der Waals surface area contributed by atoms with Crippen LogP contribution in [-0.2, 0) is 26.2 Å². The lowest BCUT2D eigenvalue weighted by Gasteiger charge is -2.27. The molecule has 1 saturated heterocycles. The average molecular weight is 404 g/mol. The average Bonchev–Trinajstić information content (AvgIpc) is 3.33. The number of benzene rings is 1. The first kappa shape index (κ1) is 20.0. The summed E-state index contributed by atoms with van der Waals surface area (Å²) in [6, 6.07) is 4.18. The highest BCUT2D eigenvalue weighted by atomic mass is 19.1. The van der Waals surface area contributed by atoms with E-state index in [-0.39, 0.29) is 17.8 Å². The lowest BCUT2D eigenvalue weighted by Crippen LogP contribution is -2.34. The Bertz CT molecular complexity index is 1010. The van der Waals surface area contributed by atoms with Gasteiger partial charge in [-0.1, -0.05) is 0 Å². The predicted molar refractivity (Wildman–Crippen MR) is 104 cm³/mol. The van der Waals surface area contributed by atoms with Gasteiger partial charge in [-0.25, -0.2) is 0 Å². The summed E-state index contributed by atoms with van der Waals surface area (Å²) in [5.41, 5.74) is -0.166. The third-order valence-electron chi connectivity index (χ3n) is 5.82. The number of fused-ring (bicyclic) bond motifs is 1. The number of nitro benzene ring substituents is 1. The van der Waals surface area contributed by atoms with E-state index in [1.807, 2.05) is 32.3 Å². The number of carbonyl (C=O) groups excluding carboxylic acids is 1. The van der Waals surface area contributed by atoms with Crippen molar-refractivity contribution in [3.05, 3.63) is 39.8 Å². The Balaban J connectivity index is 1.84. The van der Waals surface area contributed by atoms with Crippen LogP contribution in [0.2, 0.25) is 0 Å². The number of hydrogen-bond acceptors (Lipinski definition) is 5. The summed E-state index contributed by atoms with van der Waals surface area (Å²) in [5, 5.41) is 11.7. The van der Waals surface area contributed by atoms with Gasteiger partial charge in [-0.05, 0) is 46.6 Å². The minimum absolute atomic E-state index is 0.0486. The molecule has 8 heteroatoms. The molecule has 1 saturated carbocycles. The first-order valence-corrected chi connectivity index (χ1v) is 9.83. The van der Waals surface area contributed by atoms with E-state index in [4.69, 9.17) is 9.47 Å². The van der Waals surface area contributed by atoms with Crippen LogP contribution in [0.4, 0.5) is 10.1 Å². The molecular formula is C21H25FN2O5. The summed E-state index contributed by atoms with van der Waals surface area (Å²) in [6.07, 6.45) is 1.50. The highest BCUT2D eigenvalue weighted by molar-refractivity contribution is 5.95. The molecule has 0 N–H and O–H groups in total. The lowest BCUT2D eigenvalue weighted by atomic mass is 9.82. The Hall–Kier alpha value is -2.32. The summed E-state index contributed by atoms with van der Waals surface area (Å²) in [7, 11) is 0. The van der Waals surface area contributed by atoms with Crippen molar-refractivity contribution in [1.82, 2.24) is 4.57 Å². The van der Waals surface area contributed by atoms with Gasteiger partial charge in [0.05, 0.1) is 29.0 Å². The van der Waals surface area contributed by atoms with Crippen LogP contribution in [-0.4, -0.2) is 33.8 Å². The van der Waals surface area contributed by atoms with Gasteiger partial charge in [0.25, 0.3) is 0 Å².